The van der Waals surface area contributed by atoms with Gasteiger partial charge in [-0.3, -0.25) is 4.79 Å². The summed E-state index contributed by atoms with van der Waals surface area (Å²) in [5.74, 6) is 0.984. The molecule has 5 rings (SSSR count). The third kappa shape index (κ3) is 3.08. The second-order valence-corrected chi connectivity index (χ2v) is 7.42. The molecule has 1 aromatic heterocycles. The monoisotopic (exact) mass is 388 g/mol. The third-order valence-electron chi connectivity index (χ3n) is 4.51. The van der Waals surface area contributed by atoms with Gasteiger partial charge in [0, 0.05) is 5.56 Å². The van der Waals surface area contributed by atoms with Crippen LogP contribution in [0.15, 0.2) is 72.8 Å². The van der Waals surface area contributed by atoms with E-state index in [0.29, 0.717) is 17.2 Å². The van der Waals surface area contributed by atoms with Crippen molar-refractivity contribution in [3.05, 3.63) is 72.8 Å². The zero-order chi connectivity index (χ0) is 18.9. The Morgan fingerprint density at radius 1 is 0.964 bits per heavy atom. The largest absolute Gasteiger partial charge is 0.485 e. The fraction of sp³-hybridized carbons (Fsp3) is 0.0909. The summed E-state index contributed by atoms with van der Waals surface area (Å²) in [6.45, 7) is 0.173. The molecule has 1 amide bonds. The average molecular weight is 388 g/mol. The normalized spacial score (nSPS) is 15.4. The highest BCUT2D eigenvalue weighted by Crippen LogP contribution is 2.35. The number of carbonyl (C=O) groups is 1. The number of para-hydroxylation sites is 4. The molecule has 0 unspecified atom stereocenters. The lowest BCUT2D eigenvalue weighted by Gasteiger charge is -2.25. The zero-order valence-corrected chi connectivity index (χ0v) is 15.6. The topological polar surface area (TPSA) is 60.5 Å². The van der Waals surface area contributed by atoms with Crippen LogP contribution in [-0.4, -0.2) is 23.6 Å². The lowest BCUT2D eigenvalue weighted by Crippen LogP contribution is -2.40. The standard InChI is InChI=1S/C22H16N2O3S/c25-21(19-13-26-17-10-4-5-11-18(17)27-19)23-15-8-2-1-7-14(15)22-24-16-9-3-6-12-20(16)28-22/h1-12,19H,13H2,(H,23,25)/t19-/m0/s1. The highest BCUT2D eigenvalue weighted by molar-refractivity contribution is 7.21. The average Bonchev–Trinajstić information content (AvgIpc) is 3.18. The van der Waals surface area contributed by atoms with E-state index in [1.807, 2.05) is 66.7 Å². The van der Waals surface area contributed by atoms with Crippen molar-refractivity contribution < 1.29 is 14.3 Å². The van der Waals surface area contributed by atoms with Crippen molar-refractivity contribution in [1.82, 2.24) is 4.98 Å². The number of hydrogen-bond acceptors (Lipinski definition) is 5. The molecule has 5 nitrogen and oxygen atoms in total. The molecule has 0 radical (unpaired) electrons. The smallest absolute Gasteiger partial charge is 0.269 e. The second kappa shape index (κ2) is 6.98. The van der Waals surface area contributed by atoms with Crippen molar-refractivity contribution >= 4 is 33.1 Å². The molecule has 6 heteroatoms. The SMILES string of the molecule is O=C(Nc1ccccc1-c1nc2ccccc2s1)[C@@H]1COc2ccccc2O1. The molecule has 0 saturated heterocycles. The molecule has 1 N–H and O–H groups in total. The summed E-state index contributed by atoms with van der Waals surface area (Å²) >= 11 is 1.60. The summed E-state index contributed by atoms with van der Waals surface area (Å²) in [4.78, 5) is 17.5. The van der Waals surface area contributed by atoms with Crippen molar-refractivity contribution in [1.29, 1.82) is 0 Å². The van der Waals surface area contributed by atoms with E-state index in [-0.39, 0.29) is 12.5 Å². The number of benzene rings is 3. The Morgan fingerprint density at radius 2 is 1.71 bits per heavy atom. The van der Waals surface area contributed by atoms with E-state index >= 15 is 0 Å². The molecule has 0 spiro atoms. The van der Waals surface area contributed by atoms with Crippen LogP contribution in [0.1, 0.15) is 0 Å². The second-order valence-electron chi connectivity index (χ2n) is 6.39. The molecule has 2 heterocycles. The highest BCUT2D eigenvalue weighted by Gasteiger charge is 2.28. The molecule has 1 aliphatic rings. The van der Waals surface area contributed by atoms with E-state index < -0.39 is 6.10 Å². The first-order chi connectivity index (χ1) is 13.8. The Hall–Kier alpha value is -3.38. The minimum atomic E-state index is -0.710. The van der Waals surface area contributed by atoms with E-state index in [4.69, 9.17) is 14.5 Å². The van der Waals surface area contributed by atoms with Gasteiger partial charge >= 0.3 is 0 Å². The Labute approximate surface area is 165 Å². The van der Waals surface area contributed by atoms with Gasteiger partial charge in [-0.25, -0.2) is 4.98 Å². The minimum Gasteiger partial charge on any atom is -0.485 e. The minimum absolute atomic E-state index is 0.173. The molecule has 0 aliphatic carbocycles. The molecular weight excluding hydrogens is 372 g/mol. The molecule has 3 aromatic carbocycles. The number of thiazole rings is 1. The number of nitrogens with one attached hydrogen (secondary N) is 1. The lowest BCUT2D eigenvalue weighted by atomic mass is 10.1. The Morgan fingerprint density at radius 3 is 2.61 bits per heavy atom. The summed E-state index contributed by atoms with van der Waals surface area (Å²) in [5, 5.41) is 3.84. The zero-order valence-electron chi connectivity index (χ0n) is 14.8. The fourth-order valence-electron chi connectivity index (χ4n) is 3.13. The van der Waals surface area contributed by atoms with E-state index in [2.05, 4.69) is 5.32 Å². The van der Waals surface area contributed by atoms with Gasteiger partial charge in [0.2, 0.25) is 6.10 Å². The van der Waals surface area contributed by atoms with Gasteiger partial charge in [0.05, 0.1) is 15.9 Å². The number of anilines is 1. The van der Waals surface area contributed by atoms with E-state index in [0.717, 1.165) is 20.8 Å². The molecule has 0 fully saturated rings. The number of ether oxygens (including phenoxy) is 2. The predicted molar refractivity (Wildman–Crippen MR) is 110 cm³/mol. The molecule has 138 valence electrons. The maximum atomic E-state index is 12.8. The van der Waals surface area contributed by atoms with Crippen LogP contribution in [-0.2, 0) is 4.79 Å². The summed E-state index contributed by atoms with van der Waals surface area (Å²) in [6, 6.07) is 23.0. The van der Waals surface area contributed by atoms with Crippen LogP contribution in [0, 0.1) is 0 Å². The maximum absolute atomic E-state index is 12.8. The van der Waals surface area contributed by atoms with Crippen LogP contribution in [0.5, 0.6) is 11.5 Å². The number of hydrogen-bond donors (Lipinski definition) is 1. The Bertz CT molecular complexity index is 1140. The van der Waals surface area contributed by atoms with Crippen LogP contribution >= 0.6 is 11.3 Å². The van der Waals surface area contributed by atoms with Gasteiger partial charge in [0.25, 0.3) is 5.91 Å². The number of nitrogens with zero attached hydrogens (tertiary/aromatic N) is 1. The highest BCUT2D eigenvalue weighted by atomic mass is 32.1. The van der Waals surface area contributed by atoms with Crippen LogP contribution in [0.4, 0.5) is 5.69 Å². The van der Waals surface area contributed by atoms with Gasteiger partial charge in [-0.05, 0) is 36.4 Å². The van der Waals surface area contributed by atoms with E-state index in [1.54, 1.807) is 17.4 Å². The molecule has 1 atom stereocenters. The summed E-state index contributed by atoms with van der Waals surface area (Å²) < 4.78 is 12.6. The molecule has 1 aliphatic heterocycles. The molecule has 0 bridgehead atoms. The van der Waals surface area contributed by atoms with Crippen LogP contribution in [0.3, 0.4) is 0 Å². The third-order valence-corrected chi connectivity index (χ3v) is 5.58. The fourth-order valence-corrected chi connectivity index (χ4v) is 4.13. The summed E-state index contributed by atoms with van der Waals surface area (Å²) in [7, 11) is 0. The number of carbonyl (C=O) groups excluding carboxylic acids is 1. The first-order valence-electron chi connectivity index (χ1n) is 8.92. The number of aromatic nitrogens is 1. The molecule has 28 heavy (non-hydrogen) atoms. The van der Waals surface area contributed by atoms with Crippen LogP contribution < -0.4 is 14.8 Å². The van der Waals surface area contributed by atoms with Gasteiger partial charge in [-0.1, -0.05) is 36.4 Å². The van der Waals surface area contributed by atoms with Crippen molar-refractivity contribution in [2.45, 2.75) is 6.10 Å². The summed E-state index contributed by atoms with van der Waals surface area (Å²) in [6.07, 6.45) is -0.710. The van der Waals surface area contributed by atoms with Crippen molar-refractivity contribution in [2.24, 2.45) is 0 Å². The number of amides is 1. The van der Waals surface area contributed by atoms with Crippen molar-refractivity contribution in [3.63, 3.8) is 0 Å². The van der Waals surface area contributed by atoms with E-state index in [1.165, 1.54) is 0 Å². The maximum Gasteiger partial charge on any atom is 0.269 e. The van der Waals surface area contributed by atoms with E-state index in [9.17, 15) is 4.79 Å². The lowest BCUT2D eigenvalue weighted by molar-refractivity contribution is -0.125. The Kier molecular flexibility index (Phi) is 4.18. The number of fused-ring (bicyclic) bond motifs is 2. The van der Waals surface area contributed by atoms with Crippen LogP contribution in [0.25, 0.3) is 20.8 Å². The van der Waals surface area contributed by atoms with Crippen molar-refractivity contribution in [2.75, 3.05) is 11.9 Å². The van der Waals surface area contributed by atoms with Crippen LogP contribution in [0.2, 0.25) is 0 Å². The first-order valence-corrected chi connectivity index (χ1v) is 9.74. The molecular formula is C22H16N2O3S. The van der Waals surface area contributed by atoms with Gasteiger partial charge in [-0.15, -0.1) is 11.3 Å². The quantitative estimate of drug-likeness (QED) is 0.551. The van der Waals surface area contributed by atoms with Crippen molar-refractivity contribution in [3.8, 4) is 22.1 Å². The predicted octanol–water partition coefficient (Wildman–Crippen LogP) is 4.74. The first kappa shape index (κ1) is 16.8. The van der Waals surface area contributed by atoms with Gasteiger partial charge in [-0.2, -0.15) is 0 Å². The van der Waals surface area contributed by atoms with Gasteiger partial charge in [0.1, 0.15) is 11.6 Å². The number of rotatable bonds is 3. The molecule has 0 saturated carbocycles. The summed E-state index contributed by atoms with van der Waals surface area (Å²) in [5.41, 5.74) is 2.53. The Balaban J connectivity index is 1.41. The molecule has 4 aromatic rings. The van der Waals surface area contributed by atoms with Gasteiger partial charge < -0.3 is 14.8 Å². The van der Waals surface area contributed by atoms with Gasteiger partial charge in [0.15, 0.2) is 11.5 Å².